The van der Waals surface area contributed by atoms with Gasteiger partial charge in [0.2, 0.25) is 0 Å². The molecule has 0 aromatic carbocycles. The molecule has 2 aromatic heterocycles. The number of hydrogen-bond donors (Lipinski definition) is 1. The highest BCUT2D eigenvalue weighted by molar-refractivity contribution is 6.03. The van der Waals surface area contributed by atoms with Crippen LogP contribution < -0.4 is 5.32 Å². The van der Waals surface area contributed by atoms with Crippen LogP contribution >= 0.6 is 0 Å². The van der Waals surface area contributed by atoms with Crippen molar-refractivity contribution in [3.8, 4) is 0 Å². The summed E-state index contributed by atoms with van der Waals surface area (Å²) >= 11 is 0. The molecule has 2 rings (SSSR count). The Bertz CT molecular complexity index is 575. The maximum absolute atomic E-state index is 12.3. The Morgan fingerprint density at radius 3 is 2.67 bits per heavy atom. The lowest BCUT2D eigenvalue weighted by atomic mass is 10.3. The predicted octanol–water partition coefficient (Wildman–Crippen LogP) is 1.57. The summed E-state index contributed by atoms with van der Waals surface area (Å²) in [5, 5.41) is 10.1. The van der Waals surface area contributed by atoms with E-state index in [1.807, 2.05) is 0 Å². The molecule has 0 saturated carbocycles. The minimum absolute atomic E-state index is 0.0708. The molecule has 8 heteroatoms. The summed E-state index contributed by atoms with van der Waals surface area (Å²) in [5.74, 6) is -0.550. The van der Waals surface area contributed by atoms with Crippen LogP contribution in [0.25, 0.3) is 0 Å². The Balaban J connectivity index is 2.14. The van der Waals surface area contributed by atoms with E-state index in [1.165, 1.54) is 6.07 Å². The fourth-order valence-corrected chi connectivity index (χ4v) is 1.48. The number of halogens is 2. The van der Waals surface area contributed by atoms with E-state index >= 15 is 0 Å². The molecule has 0 saturated heterocycles. The van der Waals surface area contributed by atoms with Gasteiger partial charge in [0.25, 0.3) is 5.91 Å². The molecule has 2 heterocycles. The second-order valence-electron chi connectivity index (χ2n) is 3.71. The van der Waals surface area contributed by atoms with E-state index in [2.05, 4.69) is 15.5 Å². The number of carbonyl (C=O) groups is 1. The van der Waals surface area contributed by atoms with Crippen molar-refractivity contribution in [2.75, 3.05) is 5.32 Å². The van der Waals surface area contributed by atoms with Gasteiger partial charge in [-0.15, -0.1) is 0 Å². The maximum atomic E-state index is 12.3. The number of rotatable bonds is 3. The van der Waals surface area contributed by atoms with E-state index in [0.29, 0.717) is 16.1 Å². The molecule has 0 bridgehead atoms. The number of carbonyl (C=O) groups excluding carboxylic acids is 1. The molecular formula is C10H11F2N5O. The zero-order valence-corrected chi connectivity index (χ0v) is 9.76. The monoisotopic (exact) mass is 255 g/mol. The third-order valence-electron chi connectivity index (χ3n) is 2.30. The minimum Gasteiger partial charge on any atom is -0.318 e. The molecule has 2 aromatic rings. The molecule has 0 atom stereocenters. The van der Waals surface area contributed by atoms with Gasteiger partial charge < -0.3 is 5.32 Å². The lowest BCUT2D eigenvalue weighted by Crippen LogP contribution is -2.13. The first kappa shape index (κ1) is 12.2. The van der Waals surface area contributed by atoms with Gasteiger partial charge in [-0.2, -0.15) is 19.0 Å². The summed E-state index contributed by atoms with van der Waals surface area (Å²) in [6.45, 7) is -1.03. The molecule has 18 heavy (non-hydrogen) atoms. The van der Waals surface area contributed by atoms with Crippen molar-refractivity contribution in [3.05, 3.63) is 29.8 Å². The first-order chi connectivity index (χ1) is 8.47. The Labute approximate surface area is 101 Å². The highest BCUT2D eigenvalue weighted by Crippen LogP contribution is 2.14. The van der Waals surface area contributed by atoms with Gasteiger partial charge in [0.05, 0.1) is 11.4 Å². The van der Waals surface area contributed by atoms with Crippen LogP contribution in [0.3, 0.4) is 0 Å². The van der Waals surface area contributed by atoms with Gasteiger partial charge in [0, 0.05) is 19.4 Å². The Hall–Kier alpha value is -2.25. The lowest BCUT2D eigenvalue weighted by Gasteiger charge is -2.00. The molecule has 0 unspecified atom stereocenters. The average Bonchev–Trinajstić information content (AvgIpc) is 2.86. The van der Waals surface area contributed by atoms with Crippen LogP contribution in [0.1, 0.15) is 22.7 Å². The van der Waals surface area contributed by atoms with E-state index in [9.17, 15) is 13.6 Å². The van der Waals surface area contributed by atoms with Crippen LogP contribution in [0.15, 0.2) is 18.5 Å². The van der Waals surface area contributed by atoms with Crippen molar-refractivity contribution in [1.29, 1.82) is 0 Å². The van der Waals surface area contributed by atoms with E-state index in [-0.39, 0.29) is 5.69 Å². The quantitative estimate of drug-likeness (QED) is 0.905. The summed E-state index contributed by atoms with van der Waals surface area (Å²) in [5.41, 5.74) is 1.09. The van der Waals surface area contributed by atoms with Gasteiger partial charge in [0.1, 0.15) is 0 Å². The standard InChI is InChI=1S/C10H11F2N5O/c1-6-8(5-16(2)14-6)13-9(18)7-3-4-17(15-7)10(11)12/h3-5,10H,1-2H3,(H,13,18). The Morgan fingerprint density at radius 2 is 2.17 bits per heavy atom. The van der Waals surface area contributed by atoms with Crippen LogP contribution in [0.2, 0.25) is 0 Å². The molecule has 6 nitrogen and oxygen atoms in total. The van der Waals surface area contributed by atoms with Gasteiger partial charge in [-0.05, 0) is 13.0 Å². The van der Waals surface area contributed by atoms with Crippen molar-refractivity contribution in [3.63, 3.8) is 0 Å². The van der Waals surface area contributed by atoms with Crippen molar-refractivity contribution in [1.82, 2.24) is 19.6 Å². The van der Waals surface area contributed by atoms with Crippen molar-refractivity contribution >= 4 is 11.6 Å². The SMILES string of the molecule is Cc1nn(C)cc1NC(=O)c1ccn(C(F)F)n1. The number of aryl methyl sites for hydroxylation is 2. The summed E-state index contributed by atoms with van der Waals surface area (Å²) in [7, 11) is 1.72. The molecule has 0 aliphatic carbocycles. The van der Waals surface area contributed by atoms with Crippen LogP contribution in [0.4, 0.5) is 14.5 Å². The topological polar surface area (TPSA) is 64.7 Å². The van der Waals surface area contributed by atoms with Crippen LogP contribution in [-0.4, -0.2) is 25.5 Å². The largest absolute Gasteiger partial charge is 0.333 e. The van der Waals surface area contributed by atoms with Crippen LogP contribution in [0, 0.1) is 6.92 Å². The number of nitrogens with zero attached hydrogens (tertiary/aromatic N) is 4. The van der Waals surface area contributed by atoms with E-state index in [4.69, 9.17) is 0 Å². The van der Waals surface area contributed by atoms with Gasteiger partial charge in [-0.1, -0.05) is 0 Å². The minimum atomic E-state index is -2.76. The first-order valence-corrected chi connectivity index (χ1v) is 5.12. The average molecular weight is 255 g/mol. The molecule has 0 spiro atoms. The Morgan fingerprint density at radius 1 is 1.44 bits per heavy atom. The van der Waals surface area contributed by atoms with E-state index in [1.54, 1.807) is 24.9 Å². The number of alkyl halides is 2. The molecule has 0 aliphatic heterocycles. The highest BCUT2D eigenvalue weighted by atomic mass is 19.3. The van der Waals surface area contributed by atoms with Crippen molar-refractivity contribution in [2.24, 2.45) is 7.05 Å². The number of anilines is 1. The number of amides is 1. The normalized spacial score (nSPS) is 10.9. The van der Waals surface area contributed by atoms with E-state index < -0.39 is 12.5 Å². The van der Waals surface area contributed by atoms with Crippen molar-refractivity contribution in [2.45, 2.75) is 13.5 Å². The summed E-state index contributed by atoms with van der Waals surface area (Å²) in [6, 6.07) is 1.23. The summed E-state index contributed by atoms with van der Waals surface area (Å²) in [4.78, 5) is 11.7. The number of aromatic nitrogens is 4. The molecule has 96 valence electrons. The zero-order valence-electron chi connectivity index (χ0n) is 9.76. The third kappa shape index (κ3) is 2.36. The molecule has 0 aliphatic rings. The fraction of sp³-hybridized carbons (Fsp3) is 0.300. The molecule has 0 radical (unpaired) electrons. The van der Waals surface area contributed by atoms with Gasteiger partial charge >= 0.3 is 6.55 Å². The van der Waals surface area contributed by atoms with Crippen LogP contribution in [0.5, 0.6) is 0 Å². The second-order valence-corrected chi connectivity index (χ2v) is 3.71. The van der Waals surface area contributed by atoms with Crippen molar-refractivity contribution < 1.29 is 13.6 Å². The zero-order chi connectivity index (χ0) is 13.3. The first-order valence-electron chi connectivity index (χ1n) is 5.12. The molecular weight excluding hydrogens is 244 g/mol. The predicted molar refractivity (Wildman–Crippen MR) is 59.4 cm³/mol. The molecule has 1 N–H and O–H groups in total. The van der Waals surface area contributed by atoms with Gasteiger partial charge in [0.15, 0.2) is 5.69 Å². The smallest absolute Gasteiger partial charge is 0.318 e. The Kier molecular flexibility index (Phi) is 3.09. The molecule has 0 fully saturated rings. The lowest BCUT2D eigenvalue weighted by molar-refractivity contribution is 0.0561. The fourth-order valence-electron chi connectivity index (χ4n) is 1.48. The van der Waals surface area contributed by atoms with E-state index in [0.717, 1.165) is 6.20 Å². The maximum Gasteiger partial charge on any atom is 0.333 e. The number of hydrogen-bond acceptors (Lipinski definition) is 3. The number of nitrogens with one attached hydrogen (secondary N) is 1. The second kappa shape index (κ2) is 4.55. The van der Waals surface area contributed by atoms with Crippen LogP contribution in [-0.2, 0) is 7.05 Å². The molecule has 1 amide bonds. The summed E-state index contributed by atoms with van der Waals surface area (Å²) < 4.78 is 26.6. The summed E-state index contributed by atoms with van der Waals surface area (Å²) in [6.07, 6.45) is 2.67. The van der Waals surface area contributed by atoms with Gasteiger partial charge in [-0.25, -0.2) is 4.68 Å². The third-order valence-corrected chi connectivity index (χ3v) is 2.30. The van der Waals surface area contributed by atoms with Gasteiger partial charge in [-0.3, -0.25) is 9.48 Å². The highest BCUT2D eigenvalue weighted by Gasteiger charge is 2.15.